The van der Waals surface area contributed by atoms with E-state index in [1.807, 2.05) is 24.3 Å². The molecule has 3 rings (SSSR count). The topological polar surface area (TPSA) is 352 Å². The van der Waals surface area contributed by atoms with Crippen molar-refractivity contribution >= 4 is 58.3 Å². The van der Waals surface area contributed by atoms with Crippen LogP contribution < -0.4 is 49.5 Å². The summed E-state index contributed by atoms with van der Waals surface area (Å²) in [5, 5.41) is 32.8. The maximum absolute atomic E-state index is 14.0. The number of aliphatic imine (C=N–C) groups is 1. The first-order valence-electron chi connectivity index (χ1n) is 19.0. The minimum atomic E-state index is -1.64. The monoisotopic (exact) mass is 821 g/mol. The van der Waals surface area contributed by atoms with E-state index in [0.717, 1.165) is 16.5 Å². The van der Waals surface area contributed by atoms with Crippen molar-refractivity contribution in [1.82, 2.24) is 31.6 Å². The van der Waals surface area contributed by atoms with E-state index in [9.17, 15) is 43.8 Å². The third kappa shape index (κ3) is 15.0. The van der Waals surface area contributed by atoms with Gasteiger partial charge in [0.05, 0.1) is 12.6 Å². The van der Waals surface area contributed by atoms with E-state index < -0.39 is 90.2 Å². The maximum atomic E-state index is 14.0. The number of para-hydroxylation sites is 1. The van der Waals surface area contributed by atoms with Gasteiger partial charge >= 0.3 is 5.97 Å². The van der Waals surface area contributed by atoms with Crippen LogP contribution in [-0.4, -0.2) is 112 Å². The van der Waals surface area contributed by atoms with E-state index in [1.165, 1.54) is 0 Å². The van der Waals surface area contributed by atoms with Crippen LogP contribution in [0.15, 0.2) is 65.8 Å². The van der Waals surface area contributed by atoms with Crippen molar-refractivity contribution in [2.45, 2.75) is 88.6 Å². The largest absolute Gasteiger partial charge is 0.480 e. The van der Waals surface area contributed by atoms with Crippen LogP contribution >= 0.6 is 0 Å². The van der Waals surface area contributed by atoms with Gasteiger partial charge in [-0.15, -0.1) is 0 Å². The number of carbonyl (C=O) groups is 7. The van der Waals surface area contributed by atoms with Gasteiger partial charge in [0.25, 0.3) is 0 Å². The Morgan fingerprint density at radius 3 is 1.93 bits per heavy atom. The lowest BCUT2D eigenvalue weighted by molar-refractivity contribution is -0.143. The number of benzene rings is 2. The molecule has 6 atom stereocenters. The molecule has 320 valence electrons. The maximum Gasteiger partial charge on any atom is 0.326 e. The van der Waals surface area contributed by atoms with Gasteiger partial charge < -0.3 is 64.7 Å². The average molecular weight is 822 g/mol. The molecule has 20 heteroatoms. The second-order valence-corrected chi connectivity index (χ2v) is 14.3. The first-order chi connectivity index (χ1) is 28.0. The number of carbonyl (C=O) groups excluding carboxylic acids is 6. The van der Waals surface area contributed by atoms with Crippen LogP contribution in [0.1, 0.15) is 50.7 Å². The first kappa shape index (κ1) is 46.8. The first-order valence-corrected chi connectivity index (χ1v) is 19.0. The summed E-state index contributed by atoms with van der Waals surface area (Å²) in [7, 11) is 0. The van der Waals surface area contributed by atoms with E-state index in [2.05, 4.69) is 36.6 Å². The minimum absolute atomic E-state index is 0.0385. The van der Waals surface area contributed by atoms with Gasteiger partial charge in [-0.1, -0.05) is 62.4 Å². The van der Waals surface area contributed by atoms with Crippen molar-refractivity contribution in [2.24, 2.45) is 33.8 Å². The number of carboxylic acids is 1. The fourth-order valence-electron chi connectivity index (χ4n) is 6.07. The van der Waals surface area contributed by atoms with Crippen molar-refractivity contribution in [3.63, 3.8) is 0 Å². The average Bonchev–Trinajstić information content (AvgIpc) is 3.60. The Hall–Kier alpha value is -6.54. The molecule has 0 saturated heterocycles. The van der Waals surface area contributed by atoms with Gasteiger partial charge in [-0.3, -0.25) is 33.8 Å². The number of nitrogens with zero attached hydrogens (tertiary/aromatic N) is 1. The number of hydrogen-bond acceptors (Lipinski definition) is 10. The molecule has 20 nitrogen and oxygen atoms in total. The summed E-state index contributed by atoms with van der Waals surface area (Å²) >= 11 is 0. The Bertz CT molecular complexity index is 1950. The zero-order chi connectivity index (χ0) is 43.6. The predicted octanol–water partition coefficient (Wildman–Crippen LogP) is -2.24. The summed E-state index contributed by atoms with van der Waals surface area (Å²) < 4.78 is 0. The molecule has 0 aliphatic heterocycles. The van der Waals surface area contributed by atoms with Crippen molar-refractivity contribution in [1.29, 1.82) is 0 Å². The van der Waals surface area contributed by atoms with Crippen LogP contribution in [-0.2, 0) is 46.4 Å². The highest BCUT2D eigenvalue weighted by Crippen LogP contribution is 2.19. The van der Waals surface area contributed by atoms with Gasteiger partial charge in [0.1, 0.15) is 30.2 Å². The molecule has 3 aromatic rings. The molecule has 1 heterocycles. The normalized spacial score (nSPS) is 14.1. The molecule has 2 aromatic carbocycles. The zero-order valence-corrected chi connectivity index (χ0v) is 33.0. The molecule has 0 fully saturated rings. The van der Waals surface area contributed by atoms with E-state index >= 15 is 0 Å². The number of aliphatic carboxylic acids is 1. The highest BCUT2D eigenvalue weighted by Gasteiger charge is 2.34. The van der Waals surface area contributed by atoms with Crippen molar-refractivity contribution in [3.8, 4) is 0 Å². The van der Waals surface area contributed by atoms with Crippen LogP contribution in [0, 0.1) is 5.92 Å². The number of rotatable bonds is 24. The number of nitrogens with one attached hydrogen (secondary N) is 6. The van der Waals surface area contributed by atoms with Crippen LogP contribution in [0.2, 0.25) is 0 Å². The highest BCUT2D eigenvalue weighted by atomic mass is 16.4. The number of amides is 6. The number of guanidine groups is 1. The third-order valence-corrected chi connectivity index (χ3v) is 9.30. The number of fused-ring (bicyclic) bond motifs is 1. The molecule has 0 radical (unpaired) electrons. The summed E-state index contributed by atoms with van der Waals surface area (Å²) in [5.41, 5.74) is 24.7. The molecular weight excluding hydrogens is 766 g/mol. The number of primary amides is 1. The Kier molecular flexibility index (Phi) is 18.3. The molecular formula is C39H55N11O9. The zero-order valence-electron chi connectivity index (χ0n) is 33.0. The summed E-state index contributed by atoms with van der Waals surface area (Å²) in [4.78, 5) is 97.8. The lowest BCUT2D eigenvalue weighted by atomic mass is 10.00. The second-order valence-electron chi connectivity index (χ2n) is 14.3. The number of nitrogens with two attached hydrogens (primary N) is 4. The lowest BCUT2D eigenvalue weighted by Crippen LogP contribution is -2.61. The fourth-order valence-corrected chi connectivity index (χ4v) is 6.07. The van der Waals surface area contributed by atoms with Gasteiger partial charge in [0, 0.05) is 36.5 Å². The molecule has 0 spiro atoms. The van der Waals surface area contributed by atoms with Crippen molar-refractivity contribution in [3.05, 3.63) is 71.9 Å². The molecule has 1 aromatic heterocycles. The molecule has 0 aliphatic rings. The van der Waals surface area contributed by atoms with E-state index in [-0.39, 0.29) is 51.0 Å². The number of carboxylic acid groups (broad SMARTS) is 1. The number of aromatic nitrogens is 1. The molecule has 0 aliphatic carbocycles. The van der Waals surface area contributed by atoms with Crippen molar-refractivity contribution in [2.75, 3.05) is 13.2 Å². The number of aliphatic hydroxyl groups excluding tert-OH is 1. The Labute approximate surface area is 340 Å². The number of hydrogen-bond donors (Lipinski definition) is 12. The SMILES string of the molecule is CC(C)[C@H](NC(=O)[C@H](Cc1ccccc1)NC(=O)[C@H](CCCN=C(N)N)NC(=O)[C@@H](N)Cc1c[nH]c2ccccc12)C(=O)N[C@@H](CO)C(=O)N[C@@H](CCC(N)=O)C(=O)O. The van der Waals surface area contributed by atoms with E-state index in [4.69, 9.17) is 22.9 Å². The number of aromatic amines is 1. The predicted molar refractivity (Wildman–Crippen MR) is 218 cm³/mol. The third-order valence-electron chi connectivity index (χ3n) is 9.30. The minimum Gasteiger partial charge on any atom is -0.480 e. The van der Waals surface area contributed by atoms with Crippen LogP contribution in [0.3, 0.4) is 0 Å². The molecule has 0 bridgehead atoms. The Morgan fingerprint density at radius 2 is 1.31 bits per heavy atom. The number of aliphatic hydroxyl groups is 1. The highest BCUT2D eigenvalue weighted by molar-refractivity contribution is 5.97. The van der Waals surface area contributed by atoms with E-state index in [1.54, 1.807) is 50.4 Å². The van der Waals surface area contributed by atoms with Gasteiger partial charge in [-0.05, 0) is 48.8 Å². The van der Waals surface area contributed by atoms with Crippen molar-refractivity contribution < 1.29 is 43.8 Å². The van der Waals surface area contributed by atoms with Crippen LogP contribution in [0.25, 0.3) is 10.9 Å². The molecule has 16 N–H and O–H groups in total. The smallest absolute Gasteiger partial charge is 0.326 e. The molecule has 0 unspecified atom stereocenters. The number of H-pyrrole nitrogens is 1. The molecule has 0 saturated carbocycles. The van der Waals surface area contributed by atoms with Gasteiger partial charge in [0.2, 0.25) is 35.4 Å². The fraction of sp³-hybridized carbons (Fsp3) is 0.436. The Balaban J connectivity index is 1.81. The van der Waals surface area contributed by atoms with Gasteiger partial charge in [-0.2, -0.15) is 0 Å². The second kappa shape index (κ2) is 23.0. The lowest BCUT2D eigenvalue weighted by Gasteiger charge is -2.28. The molecule has 59 heavy (non-hydrogen) atoms. The summed E-state index contributed by atoms with van der Waals surface area (Å²) in [6.45, 7) is 2.41. The Morgan fingerprint density at radius 1 is 0.712 bits per heavy atom. The standard InChI is InChI=1S/C39H55N11O9/c1-21(2)32(37(57)49-30(20-51)36(56)47-28(38(58)59)14-15-31(41)52)50-35(55)29(17-22-9-4-3-5-10-22)48-34(54)27(13-8-16-44-39(42)43)46-33(53)25(40)18-23-19-45-26-12-7-6-11-24(23)26/h3-7,9-12,19,21,25,27-30,32,45,51H,8,13-18,20,40H2,1-2H3,(H2,41,52)(H,46,53)(H,47,56)(H,48,54)(H,49,57)(H,50,55)(H,58,59)(H4,42,43,44)/t25-,27-,28-,29-,30-,32-/m0/s1. The van der Waals surface area contributed by atoms with Gasteiger partial charge in [-0.25, -0.2) is 4.79 Å². The summed E-state index contributed by atoms with van der Waals surface area (Å²) in [5.74, 6) is -7.12. The molecule has 6 amide bonds. The van der Waals surface area contributed by atoms with Gasteiger partial charge in [0.15, 0.2) is 5.96 Å². The summed E-state index contributed by atoms with van der Waals surface area (Å²) in [6.07, 6.45) is 1.52. The summed E-state index contributed by atoms with van der Waals surface area (Å²) in [6, 6.07) is 8.19. The van der Waals surface area contributed by atoms with Crippen LogP contribution in [0.5, 0.6) is 0 Å². The quantitative estimate of drug-likeness (QED) is 0.0259. The van der Waals surface area contributed by atoms with Crippen LogP contribution in [0.4, 0.5) is 0 Å². The van der Waals surface area contributed by atoms with E-state index in [0.29, 0.717) is 5.56 Å².